The largest absolute Gasteiger partial charge is 0.451 e. The number of amides is 1. The minimum atomic E-state index is -0.258. The van der Waals surface area contributed by atoms with Gasteiger partial charge in [0.15, 0.2) is 5.76 Å². The van der Waals surface area contributed by atoms with Crippen LogP contribution in [0.3, 0.4) is 0 Å². The number of rotatable bonds is 5. The molecule has 4 aromatic rings. The van der Waals surface area contributed by atoms with Crippen molar-refractivity contribution in [3.63, 3.8) is 0 Å². The lowest BCUT2D eigenvalue weighted by atomic mass is 10.1. The number of furan rings is 1. The normalized spacial score (nSPS) is 11.1. The number of hydrogen-bond donors (Lipinski definition) is 1. The molecule has 0 aliphatic rings. The summed E-state index contributed by atoms with van der Waals surface area (Å²) in [6, 6.07) is 14.3. The smallest absolute Gasteiger partial charge is 0.291 e. The SMILES string of the molecule is Cc1cc2oc(C(=O)Nc3cnn(CCc4ccccc4)c3)c(C)c2cc1C. The molecule has 0 radical (unpaired) electrons. The van der Waals surface area contributed by atoms with Gasteiger partial charge < -0.3 is 9.73 Å². The summed E-state index contributed by atoms with van der Waals surface area (Å²) >= 11 is 0. The molecule has 5 nitrogen and oxygen atoms in total. The van der Waals surface area contributed by atoms with Gasteiger partial charge in [0.05, 0.1) is 11.9 Å². The maximum atomic E-state index is 12.7. The third-order valence-electron chi connectivity index (χ3n) is 5.12. The number of carbonyl (C=O) groups is 1. The third-order valence-corrected chi connectivity index (χ3v) is 5.12. The van der Waals surface area contributed by atoms with Gasteiger partial charge in [-0.3, -0.25) is 9.48 Å². The van der Waals surface area contributed by atoms with E-state index in [9.17, 15) is 4.79 Å². The quantitative estimate of drug-likeness (QED) is 0.532. The fraction of sp³-hybridized carbons (Fsp3) is 0.217. The number of benzene rings is 2. The van der Waals surface area contributed by atoms with Gasteiger partial charge in [-0.15, -0.1) is 0 Å². The molecule has 0 bridgehead atoms. The Hall–Kier alpha value is -3.34. The number of aryl methyl sites for hydroxylation is 5. The van der Waals surface area contributed by atoms with Gasteiger partial charge in [-0.1, -0.05) is 30.3 Å². The van der Waals surface area contributed by atoms with Gasteiger partial charge in [-0.05, 0) is 56.0 Å². The highest BCUT2D eigenvalue weighted by Crippen LogP contribution is 2.28. The van der Waals surface area contributed by atoms with Crippen LogP contribution in [0.15, 0.2) is 59.3 Å². The Bertz CT molecular complexity index is 1140. The van der Waals surface area contributed by atoms with Crippen LogP contribution in [0.1, 0.15) is 32.8 Å². The molecule has 2 aromatic carbocycles. The summed E-state index contributed by atoms with van der Waals surface area (Å²) in [5.74, 6) is 0.0867. The predicted molar refractivity (Wildman–Crippen MR) is 111 cm³/mol. The molecule has 2 aromatic heterocycles. The van der Waals surface area contributed by atoms with E-state index in [-0.39, 0.29) is 5.91 Å². The van der Waals surface area contributed by atoms with E-state index in [2.05, 4.69) is 35.5 Å². The summed E-state index contributed by atoms with van der Waals surface area (Å²) < 4.78 is 7.68. The van der Waals surface area contributed by atoms with Gasteiger partial charge in [0.1, 0.15) is 5.58 Å². The number of aromatic nitrogens is 2. The molecule has 0 saturated carbocycles. The van der Waals surface area contributed by atoms with E-state index < -0.39 is 0 Å². The average molecular weight is 373 g/mol. The van der Waals surface area contributed by atoms with E-state index in [0.29, 0.717) is 11.4 Å². The molecule has 2 heterocycles. The predicted octanol–water partition coefficient (Wildman–Crippen LogP) is 5.05. The van der Waals surface area contributed by atoms with Crippen molar-refractivity contribution in [3.05, 3.63) is 82.9 Å². The molecule has 0 fully saturated rings. The molecular formula is C23H23N3O2. The van der Waals surface area contributed by atoms with Crippen LogP contribution in [0.2, 0.25) is 0 Å². The fourth-order valence-corrected chi connectivity index (χ4v) is 3.32. The third kappa shape index (κ3) is 3.56. The van der Waals surface area contributed by atoms with Crippen LogP contribution in [-0.2, 0) is 13.0 Å². The van der Waals surface area contributed by atoms with E-state index >= 15 is 0 Å². The van der Waals surface area contributed by atoms with Crippen LogP contribution >= 0.6 is 0 Å². The highest BCUT2D eigenvalue weighted by atomic mass is 16.3. The van der Waals surface area contributed by atoms with Crippen molar-refractivity contribution in [2.75, 3.05) is 5.32 Å². The summed E-state index contributed by atoms with van der Waals surface area (Å²) in [7, 11) is 0. The van der Waals surface area contributed by atoms with Crippen molar-refractivity contribution in [3.8, 4) is 0 Å². The second kappa shape index (κ2) is 7.35. The van der Waals surface area contributed by atoms with E-state index in [1.54, 1.807) is 6.20 Å². The van der Waals surface area contributed by atoms with Crippen LogP contribution in [0.5, 0.6) is 0 Å². The molecular weight excluding hydrogens is 350 g/mol. The van der Waals surface area contributed by atoms with Gasteiger partial charge in [0.2, 0.25) is 0 Å². The topological polar surface area (TPSA) is 60.1 Å². The molecule has 5 heteroatoms. The van der Waals surface area contributed by atoms with Crippen molar-refractivity contribution in [2.45, 2.75) is 33.7 Å². The summed E-state index contributed by atoms with van der Waals surface area (Å²) in [6.45, 7) is 6.77. The van der Waals surface area contributed by atoms with Gasteiger partial charge in [0, 0.05) is 23.7 Å². The van der Waals surface area contributed by atoms with Crippen LogP contribution in [0, 0.1) is 20.8 Å². The maximum Gasteiger partial charge on any atom is 0.291 e. The lowest BCUT2D eigenvalue weighted by Gasteiger charge is -2.02. The Morgan fingerprint density at radius 1 is 1.11 bits per heavy atom. The molecule has 0 aliphatic carbocycles. The van der Waals surface area contributed by atoms with Crippen molar-refractivity contribution < 1.29 is 9.21 Å². The first-order valence-electron chi connectivity index (χ1n) is 9.39. The molecule has 0 unspecified atom stereocenters. The molecule has 0 saturated heterocycles. The second-order valence-electron chi connectivity index (χ2n) is 7.17. The van der Waals surface area contributed by atoms with E-state index in [0.717, 1.165) is 35.1 Å². The number of nitrogens with zero attached hydrogens (tertiary/aromatic N) is 2. The van der Waals surface area contributed by atoms with Crippen molar-refractivity contribution in [2.24, 2.45) is 0 Å². The summed E-state index contributed by atoms with van der Waals surface area (Å²) in [5, 5.41) is 8.21. The molecule has 0 atom stereocenters. The molecule has 0 spiro atoms. The van der Waals surface area contributed by atoms with Crippen molar-refractivity contribution >= 4 is 22.6 Å². The van der Waals surface area contributed by atoms with E-state index in [1.165, 1.54) is 11.1 Å². The number of carbonyl (C=O) groups excluding carboxylic acids is 1. The Labute approximate surface area is 164 Å². The molecule has 0 aliphatic heterocycles. The van der Waals surface area contributed by atoms with Crippen LogP contribution < -0.4 is 5.32 Å². The van der Waals surface area contributed by atoms with Crippen LogP contribution in [-0.4, -0.2) is 15.7 Å². The second-order valence-corrected chi connectivity index (χ2v) is 7.17. The number of hydrogen-bond acceptors (Lipinski definition) is 3. The molecule has 1 N–H and O–H groups in total. The van der Waals surface area contributed by atoms with Gasteiger partial charge in [-0.2, -0.15) is 5.10 Å². The minimum absolute atomic E-state index is 0.258. The zero-order chi connectivity index (χ0) is 19.7. The zero-order valence-corrected chi connectivity index (χ0v) is 16.3. The molecule has 28 heavy (non-hydrogen) atoms. The van der Waals surface area contributed by atoms with Crippen LogP contribution in [0.25, 0.3) is 11.0 Å². The summed E-state index contributed by atoms with van der Waals surface area (Å²) in [6.07, 6.45) is 4.39. The van der Waals surface area contributed by atoms with E-state index in [1.807, 2.05) is 49.0 Å². The molecule has 4 rings (SSSR count). The molecule has 142 valence electrons. The molecule has 1 amide bonds. The number of fused-ring (bicyclic) bond motifs is 1. The lowest BCUT2D eigenvalue weighted by molar-refractivity contribution is 0.0998. The summed E-state index contributed by atoms with van der Waals surface area (Å²) in [5.41, 5.74) is 5.84. The Kier molecular flexibility index (Phi) is 4.74. The zero-order valence-electron chi connectivity index (χ0n) is 16.3. The first-order valence-corrected chi connectivity index (χ1v) is 9.39. The first kappa shape index (κ1) is 18.0. The monoisotopic (exact) mass is 373 g/mol. The Morgan fingerprint density at radius 3 is 2.64 bits per heavy atom. The highest BCUT2D eigenvalue weighted by molar-refractivity contribution is 6.06. The average Bonchev–Trinajstić information content (AvgIpc) is 3.26. The number of nitrogens with one attached hydrogen (secondary N) is 1. The first-order chi connectivity index (χ1) is 13.5. The van der Waals surface area contributed by atoms with Gasteiger partial charge in [0.25, 0.3) is 5.91 Å². The summed E-state index contributed by atoms with van der Waals surface area (Å²) in [4.78, 5) is 12.7. The van der Waals surface area contributed by atoms with Gasteiger partial charge in [-0.25, -0.2) is 0 Å². The maximum absolute atomic E-state index is 12.7. The number of anilines is 1. The Balaban J connectivity index is 1.47. The van der Waals surface area contributed by atoms with Crippen molar-refractivity contribution in [1.29, 1.82) is 0 Å². The van der Waals surface area contributed by atoms with Crippen LogP contribution in [0.4, 0.5) is 5.69 Å². The van der Waals surface area contributed by atoms with E-state index in [4.69, 9.17) is 4.42 Å². The lowest BCUT2D eigenvalue weighted by Crippen LogP contribution is -2.11. The highest BCUT2D eigenvalue weighted by Gasteiger charge is 2.19. The van der Waals surface area contributed by atoms with Crippen molar-refractivity contribution in [1.82, 2.24) is 9.78 Å². The minimum Gasteiger partial charge on any atom is -0.451 e. The standard InChI is InChI=1S/C23H23N3O2/c1-15-11-20-17(3)22(28-21(20)12-16(15)2)23(27)25-19-13-24-26(14-19)10-9-18-7-5-4-6-8-18/h4-8,11-14H,9-10H2,1-3H3,(H,25,27). The fourth-order valence-electron chi connectivity index (χ4n) is 3.32. The van der Waals surface area contributed by atoms with Gasteiger partial charge >= 0.3 is 0 Å². The Morgan fingerprint density at radius 2 is 1.86 bits per heavy atom.